The maximum absolute atomic E-state index is 12.3. The Morgan fingerprint density at radius 3 is 2.41 bits per heavy atom. The molecule has 1 aliphatic heterocycles. The first-order chi connectivity index (χ1) is 10.6. The van der Waals surface area contributed by atoms with Gasteiger partial charge in [-0.15, -0.1) is 0 Å². The van der Waals surface area contributed by atoms with Gasteiger partial charge in [-0.3, -0.25) is 9.59 Å². The Bertz CT molecular complexity index is 656. The number of hydrogen-bond donors (Lipinski definition) is 0. The van der Waals surface area contributed by atoms with Gasteiger partial charge in [-0.05, 0) is 25.3 Å². The number of amides is 1. The van der Waals surface area contributed by atoms with Gasteiger partial charge in [0.25, 0.3) is 5.91 Å². The Labute approximate surface area is 128 Å². The number of carbonyl (C=O) groups is 2. The molecule has 5 nitrogen and oxygen atoms in total. The minimum absolute atomic E-state index is 0.140. The van der Waals surface area contributed by atoms with Crippen LogP contribution in [0.4, 0.5) is 0 Å². The van der Waals surface area contributed by atoms with Crippen molar-refractivity contribution in [3.05, 3.63) is 54.2 Å². The van der Waals surface area contributed by atoms with Crippen LogP contribution in [0.1, 0.15) is 35.8 Å². The molecule has 5 heteroatoms. The number of piperidine rings is 1. The standard InChI is InChI=1S/C17H18N2O3/c1-13(20)17(14-5-3-2-4-6-14)7-9-19(10-8-17)16(21)15-11-22-12-18-15/h2-6,11-12H,7-10H2,1H3. The summed E-state index contributed by atoms with van der Waals surface area (Å²) in [6.07, 6.45) is 3.87. The number of likely N-dealkylation sites (tertiary alicyclic amines) is 1. The maximum atomic E-state index is 12.3. The zero-order valence-electron chi connectivity index (χ0n) is 12.5. The first-order valence-electron chi connectivity index (χ1n) is 7.37. The van der Waals surface area contributed by atoms with Crippen molar-refractivity contribution in [1.82, 2.24) is 9.88 Å². The number of rotatable bonds is 3. The lowest BCUT2D eigenvalue weighted by molar-refractivity contribution is -0.124. The van der Waals surface area contributed by atoms with E-state index in [1.54, 1.807) is 11.8 Å². The van der Waals surface area contributed by atoms with E-state index >= 15 is 0 Å². The normalized spacial score (nSPS) is 17.2. The first-order valence-corrected chi connectivity index (χ1v) is 7.37. The second-order valence-corrected chi connectivity index (χ2v) is 5.67. The predicted octanol–water partition coefficient (Wildman–Crippen LogP) is 2.44. The largest absolute Gasteiger partial charge is 0.451 e. The molecule has 0 spiro atoms. The molecule has 0 radical (unpaired) electrons. The van der Waals surface area contributed by atoms with Crippen molar-refractivity contribution in [3.63, 3.8) is 0 Å². The SMILES string of the molecule is CC(=O)C1(c2ccccc2)CCN(C(=O)c2cocn2)CC1. The number of hydrogen-bond acceptors (Lipinski definition) is 4. The second-order valence-electron chi connectivity index (χ2n) is 5.67. The van der Waals surface area contributed by atoms with Crippen molar-refractivity contribution >= 4 is 11.7 Å². The Morgan fingerprint density at radius 1 is 1.18 bits per heavy atom. The lowest BCUT2D eigenvalue weighted by Crippen LogP contribution is -2.48. The highest BCUT2D eigenvalue weighted by molar-refractivity contribution is 5.93. The van der Waals surface area contributed by atoms with E-state index < -0.39 is 5.41 Å². The molecular weight excluding hydrogens is 280 g/mol. The van der Waals surface area contributed by atoms with E-state index in [4.69, 9.17) is 4.42 Å². The molecule has 0 bridgehead atoms. The van der Waals surface area contributed by atoms with Gasteiger partial charge in [0.05, 0.1) is 5.41 Å². The van der Waals surface area contributed by atoms with Crippen LogP contribution in [-0.4, -0.2) is 34.7 Å². The highest BCUT2D eigenvalue weighted by Crippen LogP contribution is 2.36. The van der Waals surface area contributed by atoms with Crippen molar-refractivity contribution in [3.8, 4) is 0 Å². The fraction of sp³-hybridized carbons (Fsp3) is 0.353. The molecule has 3 rings (SSSR count). The third-order valence-corrected chi connectivity index (χ3v) is 4.56. The van der Waals surface area contributed by atoms with Gasteiger partial charge < -0.3 is 9.32 Å². The van der Waals surface area contributed by atoms with E-state index in [1.807, 2.05) is 30.3 Å². The van der Waals surface area contributed by atoms with E-state index in [0.717, 1.165) is 5.56 Å². The molecule has 2 heterocycles. The van der Waals surface area contributed by atoms with Gasteiger partial charge >= 0.3 is 0 Å². The number of carbonyl (C=O) groups excluding carboxylic acids is 2. The molecule has 0 aliphatic carbocycles. The van der Waals surface area contributed by atoms with Crippen LogP contribution in [0.25, 0.3) is 0 Å². The molecule has 114 valence electrons. The topological polar surface area (TPSA) is 63.4 Å². The fourth-order valence-electron chi connectivity index (χ4n) is 3.17. The Balaban J connectivity index is 1.79. The van der Waals surface area contributed by atoms with Crippen LogP contribution in [0.5, 0.6) is 0 Å². The van der Waals surface area contributed by atoms with Gasteiger partial charge in [0.2, 0.25) is 0 Å². The van der Waals surface area contributed by atoms with Crippen LogP contribution in [0.15, 0.2) is 47.4 Å². The number of Topliss-reactive ketones (excluding diaryl/α,β-unsaturated/α-hetero) is 1. The third-order valence-electron chi connectivity index (χ3n) is 4.56. The van der Waals surface area contributed by atoms with Gasteiger partial charge in [-0.2, -0.15) is 0 Å². The molecule has 22 heavy (non-hydrogen) atoms. The van der Waals surface area contributed by atoms with Gasteiger partial charge in [0, 0.05) is 13.1 Å². The number of ketones is 1. The number of oxazole rings is 1. The summed E-state index contributed by atoms with van der Waals surface area (Å²) >= 11 is 0. The highest BCUT2D eigenvalue weighted by Gasteiger charge is 2.41. The average molecular weight is 298 g/mol. The summed E-state index contributed by atoms with van der Waals surface area (Å²) in [7, 11) is 0. The van der Waals surface area contributed by atoms with Crippen molar-refractivity contribution in [2.45, 2.75) is 25.2 Å². The Kier molecular flexibility index (Phi) is 3.79. The second kappa shape index (κ2) is 5.75. The molecule has 1 aliphatic rings. The lowest BCUT2D eigenvalue weighted by Gasteiger charge is -2.40. The van der Waals surface area contributed by atoms with Crippen molar-refractivity contribution in [1.29, 1.82) is 0 Å². The number of nitrogens with zero attached hydrogens (tertiary/aromatic N) is 2. The van der Waals surface area contributed by atoms with Crippen LogP contribution in [0, 0.1) is 0 Å². The molecule has 0 saturated carbocycles. The van der Waals surface area contributed by atoms with E-state index in [1.165, 1.54) is 12.7 Å². The minimum atomic E-state index is -0.484. The zero-order chi connectivity index (χ0) is 15.6. The quantitative estimate of drug-likeness (QED) is 0.873. The summed E-state index contributed by atoms with van der Waals surface area (Å²) < 4.78 is 4.86. The summed E-state index contributed by atoms with van der Waals surface area (Å²) in [6.45, 7) is 2.72. The van der Waals surface area contributed by atoms with Crippen molar-refractivity contribution in [2.24, 2.45) is 0 Å². The maximum Gasteiger partial charge on any atom is 0.275 e. The molecule has 1 saturated heterocycles. The molecule has 1 aromatic heterocycles. The van der Waals surface area contributed by atoms with Crippen LogP contribution in [0.3, 0.4) is 0 Å². The van der Waals surface area contributed by atoms with Gasteiger partial charge in [-0.25, -0.2) is 4.98 Å². The third kappa shape index (κ3) is 2.43. The highest BCUT2D eigenvalue weighted by atomic mass is 16.3. The first kappa shape index (κ1) is 14.5. The van der Waals surface area contributed by atoms with E-state index in [2.05, 4.69) is 4.98 Å². The minimum Gasteiger partial charge on any atom is -0.451 e. The molecule has 0 atom stereocenters. The summed E-state index contributed by atoms with van der Waals surface area (Å²) in [5, 5.41) is 0. The molecule has 1 aromatic carbocycles. The van der Waals surface area contributed by atoms with Gasteiger partial charge in [0.1, 0.15) is 12.0 Å². The summed E-state index contributed by atoms with van der Waals surface area (Å²) in [6, 6.07) is 9.84. The smallest absolute Gasteiger partial charge is 0.275 e. The van der Waals surface area contributed by atoms with E-state index in [9.17, 15) is 9.59 Å². The monoisotopic (exact) mass is 298 g/mol. The van der Waals surface area contributed by atoms with Gasteiger partial charge in [-0.1, -0.05) is 30.3 Å². The van der Waals surface area contributed by atoms with Crippen LogP contribution >= 0.6 is 0 Å². The number of benzene rings is 1. The van der Waals surface area contributed by atoms with E-state index in [0.29, 0.717) is 31.6 Å². The van der Waals surface area contributed by atoms with Crippen LogP contribution < -0.4 is 0 Å². The lowest BCUT2D eigenvalue weighted by atomic mass is 9.70. The zero-order valence-corrected chi connectivity index (χ0v) is 12.5. The molecule has 0 N–H and O–H groups in total. The molecule has 0 unspecified atom stereocenters. The van der Waals surface area contributed by atoms with Crippen molar-refractivity contribution < 1.29 is 14.0 Å². The summed E-state index contributed by atoms with van der Waals surface area (Å²) in [5.41, 5.74) is 0.869. The van der Waals surface area contributed by atoms with E-state index in [-0.39, 0.29) is 11.7 Å². The molecular formula is C17H18N2O3. The summed E-state index contributed by atoms with van der Waals surface area (Å²) in [5.74, 6) is 0.0196. The molecule has 1 fully saturated rings. The van der Waals surface area contributed by atoms with Gasteiger partial charge in [0.15, 0.2) is 12.1 Å². The average Bonchev–Trinajstić information content (AvgIpc) is 3.09. The van der Waals surface area contributed by atoms with Crippen LogP contribution in [-0.2, 0) is 10.2 Å². The van der Waals surface area contributed by atoms with Crippen LogP contribution in [0.2, 0.25) is 0 Å². The molecule has 1 amide bonds. The van der Waals surface area contributed by atoms with Crippen molar-refractivity contribution in [2.75, 3.05) is 13.1 Å². The Hall–Kier alpha value is -2.43. The molecule has 2 aromatic rings. The Morgan fingerprint density at radius 2 is 1.86 bits per heavy atom. The predicted molar refractivity (Wildman–Crippen MR) is 80.4 cm³/mol. The summed E-state index contributed by atoms with van der Waals surface area (Å²) in [4.78, 5) is 30.2. The number of aromatic nitrogens is 1. The fourth-order valence-corrected chi connectivity index (χ4v) is 3.17.